The molecule has 37 heavy (non-hydrogen) atoms. The summed E-state index contributed by atoms with van der Waals surface area (Å²) in [6.45, 7) is 0. The van der Waals surface area contributed by atoms with Gasteiger partial charge in [-0.2, -0.15) is 0 Å². The number of methoxy groups -OCH3 is 1. The topological polar surface area (TPSA) is 54.8 Å². The lowest BCUT2D eigenvalue weighted by molar-refractivity contribution is -0.122. The third-order valence-electron chi connectivity index (χ3n) is 7.94. The van der Waals surface area contributed by atoms with Gasteiger partial charge in [0.1, 0.15) is 29.2 Å². The average Bonchev–Trinajstić information content (AvgIpc) is 3.54. The van der Waals surface area contributed by atoms with E-state index in [-0.39, 0.29) is 23.6 Å². The molecule has 0 N–H and O–H groups in total. The number of thiazole rings is 1. The number of carbonyl (C=O) groups excluding carboxylic acids is 1. The van der Waals surface area contributed by atoms with Crippen LogP contribution in [0.1, 0.15) is 70.3 Å². The van der Waals surface area contributed by atoms with Crippen LogP contribution in [0.25, 0.3) is 9.93 Å². The zero-order chi connectivity index (χ0) is 25.7. The summed E-state index contributed by atoms with van der Waals surface area (Å²) in [4.78, 5) is 33.6. The Hall–Kier alpha value is -1.75. The molecule has 3 heterocycles. The van der Waals surface area contributed by atoms with Gasteiger partial charge < -0.3 is 9.64 Å². The molecule has 0 atom stereocenters. The lowest BCUT2D eigenvalue weighted by atomic mass is 9.94. The molecule has 2 saturated carbocycles. The van der Waals surface area contributed by atoms with Crippen molar-refractivity contribution in [3.05, 3.63) is 37.7 Å². The number of aromatic nitrogens is 1. The van der Waals surface area contributed by atoms with E-state index >= 15 is 0 Å². The minimum Gasteiger partial charge on any atom is -0.497 e. The van der Waals surface area contributed by atoms with E-state index in [9.17, 15) is 9.59 Å². The Bertz CT molecular complexity index is 1430. The van der Waals surface area contributed by atoms with Gasteiger partial charge in [-0.1, -0.05) is 74.3 Å². The van der Waals surface area contributed by atoms with Gasteiger partial charge in [0.15, 0.2) is 0 Å². The van der Waals surface area contributed by atoms with Crippen molar-refractivity contribution in [2.45, 2.75) is 81.2 Å². The van der Waals surface area contributed by atoms with Crippen molar-refractivity contribution >= 4 is 72.9 Å². The lowest BCUT2D eigenvalue weighted by Crippen LogP contribution is -2.41. The third kappa shape index (κ3) is 4.47. The summed E-state index contributed by atoms with van der Waals surface area (Å²) in [5, 5.41) is 0.914. The monoisotopic (exact) mass is 573 g/mol. The molecule has 2 aromatic rings. The van der Waals surface area contributed by atoms with E-state index in [0.29, 0.717) is 13.8 Å². The summed E-state index contributed by atoms with van der Waals surface area (Å²) in [7, 11) is 3.66. The van der Waals surface area contributed by atoms with Gasteiger partial charge in [0.05, 0.1) is 12.8 Å². The molecule has 0 radical (unpaired) electrons. The molecule has 2 aliphatic heterocycles. The zero-order valence-electron chi connectivity index (χ0n) is 21.2. The first kappa shape index (κ1) is 25.5. The first-order valence-electron chi connectivity index (χ1n) is 13.1. The van der Waals surface area contributed by atoms with Gasteiger partial charge in [0.2, 0.25) is 0 Å². The van der Waals surface area contributed by atoms with Gasteiger partial charge in [0, 0.05) is 30.1 Å². The van der Waals surface area contributed by atoms with Crippen LogP contribution in [0.15, 0.2) is 27.9 Å². The fourth-order valence-electron chi connectivity index (χ4n) is 5.97. The normalized spacial score (nSPS) is 24.3. The number of benzene rings is 1. The number of ether oxygens (including phenoxy) is 1. The van der Waals surface area contributed by atoms with Crippen LogP contribution in [0.3, 0.4) is 0 Å². The second-order valence-corrected chi connectivity index (χ2v) is 13.8. The molecule has 196 valence electrons. The molecule has 1 aromatic carbocycles. The number of fused-ring (bicyclic) bond motifs is 1. The van der Waals surface area contributed by atoms with E-state index in [4.69, 9.17) is 17.0 Å². The summed E-state index contributed by atoms with van der Waals surface area (Å²) in [6, 6.07) is 6.31. The standard InChI is InChI=1S/C27H31N3O3S4/c1-28-19-15-18(33-2)13-14-20(19)35-25(28)21-23(31)29(16-9-5-3-6-10-16)26(36-21)22-24(32)30(27(34)37-22)17-11-7-4-8-12-17/h13-17H,3-12H2,1-2H3/b25-21-,26-22?. The number of amides is 1. The summed E-state index contributed by atoms with van der Waals surface area (Å²) < 4.78 is 9.52. The van der Waals surface area contributed by atoms with Gasteiger partial charge in [-0.15, -0.1) is 11.3 Å². The second kappa shape index (κ2) is 10.4. The Morgan fingerprint density at radius 2 is 1.62 bits per heavy atom. The van der Waals surface area contributed by atoms with Crippen LogP contribution in [0.5, 0.6) is 5.75 Å². The molecule has 1 saturated heterocycles. The highest BCUT2D eigenvalue weighted by Crippen LogP contribution is 2.47. The molecule has 6 rings (SSSR count). The molecule has 1 amide bonds. The maximum Gasteiger partial charge on any atom is 0.272 e. The Kier molecular flexibility index (Phi) is 7.20. The zero-order valence-corrected chi connectivity index (χ0v) is 24.4. The maximum atomic E-state index is 14.1. The number of hydrogen-bond donors (Lipinski definition) is 0. The van der Waals surface area contributed by atoms with Crippen LogP contribution in [-0.2, 0) is 4.79 Å². The van der Waals surface area contributed by atoms with E-state index in [1.807, 2.05) is 34.7 Å². The molecule has 4 aliphatic rings. The Morgan fingerprint density at radius 1 is 0.946 bits per heavy atom. The van der Waals surface area contributed by atoms with Crippen molar-refractivity contribution in [3.8, 4) is 5.75 Å². The van der Waals surface area contributed by atoms with Crippen molar-refractivity contribution in [2.24, 2.45) is 0 Å². The molecule has 1 aromatic heterocycles. The lowest BCUT2D eigenvalue weighted by Gasteiger charge is -2.29. The van der Waals surface area contributed by atoms with Crippen molar-refractivity contribution in [3.63, 3.8) is 0 Å². The van der Waals surface area contributed by atoms with Crippen LogP contribution in [0, 0.1) is 0 Å². The van der Waals surface area contributed by atoms with E-state index in [2.05, 4.69) is 4.90 Å². The Labute approximate surface area is 234 Å². The SMILES string of the molecule is COc1ccc2c(c1)N(C)/C(=c1/sc(=C3SC(=S)N(C4CCCCC4)C3=O)n(C3CCCCC3)c1=O)S2. The minimum atomic E-state index is -0.00953. The van der Waals surface area contributed by atoms with Gasteiger partial charge in [-0.3, -0.25) is 19.1 Å². The second-order valence-electron chi connectivity index (χ2n) is 10.2. The minimum absolute atomic E-state index is 0.00953. The average molecular weight is 574 g/mol. The summed E-state index contributed by atoms with van der Waals surface area (Å²) in [5.41, 5.74) is 1.05. The molecule has 3 fully saturated rings. The fourth-order valence-corrected chi connectivity index (χ4v) is 10.00. The molecule has 2 aliphatic carbocycles. The van der Waals surface area contributed by atoms with Crippen LogP contribution < -0.4 is 24.4 Å². The smallest absolute Gasteiger partial charge is 0.272 e. The highest BCUT2D eigenvalue weighted by Gasteiger charge is 2.39. The highest BCUT2D eigenvalue weighted by molar-refractivity contribution is 8.30. The van der Waals surface area contributed by atoms with E-state index in [1.165, 1.54) is 35.9 Å². The number of nitrogens with zero attached hydrogens (tertiary/aromatic N) is 3. The number of hydrogen-bond acceptors (Lipinski definition) is 8. The number of carbonyl (C=O) groups is 1. The van der Waals surface area contributed by atoms with Crippen molar-refractivity contribution in [1.82, 2.24) is 9.47 Å². The van der Waals surface area contributed by atoms with E-state index in [1.54, 1.807) is 18.9 Å². The van der Waals surface area contributed by atoms with Crippen LogP contribution >= 0.6 is 47.1 Å². The maximum absolute atomic E-state index is 14.1. The van der Waals surface area contributed by atoms with Crippen LogP contribution in [0.2, 0.25) is 0 Å². The molecule has 0 unspecified atom stereocenters. The van der Waals surface area contributed by atoms with Crippen molar-refractivity contribution < 1.29 is 9.53 Å². The molecular formula is C27H31N3O3S4. The Balaban J connectivity index is 1.52. The van der Waals surface area contributed by atoms with Gasteiger partial charge in [-0.05, 0) is 37.8 Å². The quantitative estimate of drug-likeness (QED) is 0.478. The van der Waals surface area contributed by atoms with Crippen LogP contribution in [-0.4, -0.2) is 39.9 Å². The van der Waals surface area contributed by atoms with Crippen LogP contribution in [0.4, 0.5) is 5.69 Å². The largest absolute Gasteiger partial charge is 0.497 e. The predicted molar refractivity (Wildman–Crippen MR) is 158 cm³/mol. The van der Waals surface area contributed by atoms with Gasteiger partial charge in [0.25, 0.3) is 11.5 Å². The van der Waals surface area contributed by atoms with Crippen molar-refractivity contribution in [1.29, 1.82) is 0 Å². The van der Waals surface area contributed by atoms with Gasteiger partial charge in [-0.25, -0.2) is 0 Å². The molecule has 0 spiro atoms. The molecular weight excluding hydrogens is 543 g/mol. The van der Waals surface area contributed by atoms with E-state index < -0.39 is 0 Å². The summed E-state index contributed by atoms with van der Waals surface area (Å²) in [5.74, 6) is 0.781. The number of thioether (sulfide) groups is 2. The highest BCUT2D eigenvalue weighted by atomic mass is 32.2. The fraction of sp³-hybridized carbons (Fsp3) is 0.519. The van der Waals surface area contributed by atoms with Gasteiger partial charge >= 0.3 is 0 Å². The first-order chi connectivity index (χ1) is 18.0. The van der Waals surface area contributed by atoms with Crippen molar-refractivity contribution in [2.75, 3.05) is 19.1 Å². The molecule has 10 heteroatoms. The summed E-state index contributed by atoms with van der Waals surface area (Å²) in [6.07, 6.45) is 10.9. The molecule has 0 bridgehead atoms. The first-order valence-corrected chi connectivity index (χ1v) is 16.0. The van der Waals surface area contributed by atoms with E-state index in [0.717, 1.165) is 77.4 Å². The number of anilines is 1. The number of rotatable bonds is 3. The summed E-state index contributed by atoms with van der Waals surface area (Å²) >= 11 is 10.2. The third-order valence-corrected chi connectivity index (χ3v) is 12.0. The molecule has 6 nitrogen and oxygen atoms in total. The number of thiocarbonyl (C=S) groups is 1. The Morgan fingerprint density at radius 3 is 2.30 bits per heavy atom. The predicted octanol–water partition coefficient (Wildman–Crippen LogP) is 5.03.